The quantitative estimate of drug-likeness (QED) is 0.648. The van der Waals surface area contributed by atoms with Crippen LogP contribution in [0.5, 0.6) is 0 Å². The molecule has 0 aliphatic carbocycles. The third-order valence-electron chi connectivity index (χ3n) is 2.78. The Balaban J connectivity index is 3.11. The van der Waals surface area contributed by atoms with Crippen LogP contribution in [-0.4, -0.2) is 36.1 Å². The van der Waals surface area contributed by atoms with Crippen LogP contribution in [0.2, 0.25) is 0 Å². The first kappa shape index (κ1) is 18.5. The van der Waals surface area contributed by atoms with Crippen molar-refractivity contribution in [3.05, 3.63) is 29.8 Å². The molecule has 0 saturated carbocycles. The first-order valence-electron chi connectivity index (χ1n) is 6.83. The van der Waals surface area contributed by atoms with Gasteiger partial charge in [-0.05, 0) is 32.9 Å². The molecule has 0 fully saturated rings. The van der Waals surface area contributed by atoms with Crippen LogP contribution < -0.4 is 0 Å². The zero-order valence-electron chi connectivity index (χ0n) is 12.9. The summed E-state index contributed by atoms with van der Waals surface area (Å²) in [6.45, 7) is 5.89. The van der Waals surface area contributed by atoms with Gasteiger partial charge in [-0.15, -0.1) is 0 Å². The van der Waals surface area contributed by atoms with Crippen molar-refractivity contribution in [3.8, 4) is 0 Å². The van der Waals surface area contributed by atoms with Crippen LogP contribution in [0.1, 0.15) is 19.4 Å². The number of methoxy groups -OCH3 is 1. The first-order chi connectivity index (χ1) is 9.98. The summed E-state index contributed by atoms with van der Waals surface area (Å²) in [5, 5.41) is 0. The molecule has 1 aromatic carbocycles. The summed E-state index contributed by atoms with van der Waals surface area (Å²) in [4.78, 5) is -0.257. The van der Waals surface area contributed by atoms with Crippen LogP contribution >= 0.6 is 7.60 Å². The van der Waals surface area contributed by atoms with Gasteiger partial charge in [0.15, 0.2) is 4.99 Å². The molecule has 7 heteroatoms. The van der Waals surface area contributed by atoms with Gasteiger partial charge in [-0.25, -0.2) is 0 Å². The van der Waals surface area contributed by atoms with Crippen LogP contribution in [0.3, 0.4) is 0 Å². The maximum Gasteiger partial charge on any atom is 0.348 e. The van der Waals surface area contributed by atoms with Gasteiger partial charge in [0.25, 0.3) is 0 Å². The number of hydrogen-bond acceptors (Lipinski definition) is 5. The molecular formula is C14H23O5PS. The molecule has 0 heterocycles. The molecule has 0 radical (unpaired) electrons. The van der Waals surface area contributed by atoms with Crippen LogP contribution in [0.15, 0.2) is 29.2 Å². The van der Waals surface area contributed by atoms with E-state index < -0.39 is 23.4 Å². The second-order valence-electron chi connectivity index (χ2n) is 4.40. The molecule has 21 heavy (non-hydrogen) atoms. The van der Waals surface area contributed by atoms with Crippen molar-refractivity contribution in [3.63, 3.8) is 0 Å². The zero-order valence-corrected chi connectivity index (χ0v) is 14.6. The van der Waals surface area contributed by atoms with Crippen LogP contribution in [0.4, 0.5) is 0 Å². The van der Waals surface area contributed by atoms with Gasteiger partial charge in [0, 0.05) is 12.0 Å². The Hall–Kier alpha value is -0.520. The monoisotopic (exact) mass is 334 g/mol. The number of hydrogen-bond donors (Lipinski definition) is 0. The molecule has 0 N–H and O–H groups in total. The highest BCUT2D eigenvalue weighted by Crippen LogP contribution is 2.55. The number of rotatable bonds is 9. The summed E-state index contributed by atoms with van der Waals surface area (Å²) in [5.41, 5.74) is 1.07. The third kappa shape index (κ3) is 5.01. The molecule has 2 atom stereocenters. The van der Waals surface area contributed by atoms with E-state index in [0.29, 0.717) is 4.90 Å². The van der Waals surface area contributed by atoms with E-state index in [1.807, 2.05) is 19.1 Å². The summed E-state index contributed by atoms with van der Waals surface area (Å²) in [6.07, 6.45) is 0. The average molecular weight is 334 g/mol. The standard InChI is InChI=1S/C14H23O5PS/c1-5-18-20(15,19-6-2)14(11-17-4)21(16)13-9-7-12(3)8-10-13/h7-10,14H,5-6,11H2,1-4H3. The summed E-state index contributed by atoms with van der Waals surface area (Å²) in [7, 11) is -3.57. The molecular weight excluding hydrogens is 311 g/mol. The predicted octanol–water partition coefficient (Wildman–Crippen LogP) is 3.34. The molecule has 0 amide bonds. The van der Waals surface area contributed by atoms with E-state index in [4.69, 9.17) is 13.8 Å². The van der Waals surface area contributed by atoms with Crippen molar-refractivity contribution >= 4 is 18.4 Å². The minimum atomic E-state index is -3.50. The minimum Gasteiger partial charge on any atom is -0.383 e. The molecule has 0 aliphatic rings. The highest BCUT2D eigenvalue weighted by atomic mass is 32.2. The van der Waals surface area contributed by atoms with E-state index in [2.05, 4.69) is 0 Å². The van der Waals surface area contributed by atoms with E-state index in [-0.39, 0.29) is 19.8 Å². The highest BCUT2D eigenvalue weighted by Gasteiger charge is 2.40. The summed E-state index contributed by atoms with van der Waals surface area (Å²) in [5.74, 6) is 0. The van der Waals surface area contributed by atoms with E-state index in [0.717, 1.165) is 5.56 Å². The van der Waals surface area contributed by atoms with E-state index in [1.165, 1.54) is 7.11 Å². The highest BCUT2D eigenvalue weighted by molar-refractivity contribution is 7.93. The lowest BCUT2D eigenvalue weighted by molar-refractivity contribution is 0.180. The van der Waals surface area contributed by atoms with Gasteiger partial charge < -0.3 is 13.8 Å². The number of benzene rings is 1. The SMILES string of the molecule is CCOP(=O)(OCC)C(COC)S(=O)c1ccc(C)cc1. The fourth-order valence-electron chi connectivity index (χ4n) is 1.81. The van der Waals surface area contributed by atoms with Crippen LogP contribution in [-0.2, 0) is 29.1 Å². The predicted molar refractivity (Wildman–Crippen MR) is 84.1 cm³/mol. The molecule has 0 spiro atoms. The molecule has 5 nitrogen and oxygen atoms in total. The average Bonchev–Trinajstić information content (AvgIpc) is 2.45. The normalized spacial score (nSPS) is 14.9. The molecule has 0 aromatic heterocycles. The Labute approximate surface area is 129 Å². The Morgan fingerprint density at radius 2 is 1.67 bits per heavy atom. The summed E-state index contributed by atoms with van der Waals surface area (Å²) in [6, 6.07) is 7.25. The van der Waals surface area contributed by atoms with Crippen molar-refractivity contribution < 1.29 is 22.6 Å². The first-order valence-corrected chi connectivity index (χ1v) is 9.66. The van der Waals surface area contributed by atoms with Gasteiger partial charge in [0.05, 0.1) is 30.6 Å². The van der Waals surface area contributed by atoms with E-state index in [9.17, 15) is 8.77 Å². The molecule has 1 rings (SSSR count). The molecule has 120 valence electrons. The van der Waals surface area contributed by atoms with Crippen LogP contribution in [0.25, 0.3) is 0 Å². The second kappa shape index (κ2) is 8.81. The Kier molecular flexibility index (Phi) is 7.77. The fourth-order valence-corrected chi connectivity index (χ4v) is 5.91. The van der Waals surface area contributed by atoms with Crippen LogP contribution in [0, 0.1) is 6.92 Å². The van der Waals surface area contributed by atoms with Crippen molar-refractivity contribution in [2.24, 2.45) is 0 Å². The molecule has 1 aromatic rings. The van der Waals surface area contributed by atoms with E-state index in [1.54, 1.807) is 26.0 Å². The van der Waals surface area contributed by atoms with Gasteiger partial charge in [0.1, 0.15) is 0 Å². The zero-order chi connectivity index (χ0) is 15.9. The lowest BCUT2D eigenvalue weighted by Gasteiger charge is -2.25. The smallest absolute Gasteiger partial charge is 0.348 e. The molecule has 2 unspecified atom stereocenters. The van der Waals surface area contributed by atoms with Gasteiger partial charge in [-0.1, -0.05) is 17.7 Å². The van der Waals surface area contributed by atoms with Crippen molar-refractivity contribution in [2.75, 3.05) is 26.9 Å². The molecule has 0 bridgehead atoms. The molecule has 0 aliphatic heterocycles. The van der Waals surface area contributed by atoms with Crippen molar-refractivity contribution in [2.45, 2.75) is 30.7 Å². The minimum absolute atomic E-state index is 0.0394. The topological polar surface area (TPSA) is 61.8 Å². The van der Waals surface area contributed by atoms with Gasteiger partial charge in [0.2, 0.25) is 0 Å². The van der Waals surface area contributed by atoms with Crippen molar-refractivity contribution in [1.82, 2.24) is 0 Å². The number of aryl methyl sites for hydroxylation is 1. The Bertz CT molecular complexity index is 493. The maximum absolute atomic E-state index is 12.9. The van der Waals surface area contributed by atoms with Gasteiger partial charge in [-0.2, -0.15) is 0 Å². The largest absolute Gasteiger partial charge is 0.383 e. The fraction of sp³-hybridized carbons (Fsp3) is 0.571. The van der Waals surface area contributed by atoms with Gasteiger partial charge in [-0.3, -0.25) is 8.77 Å². The second-order valence-corrected chi connectivity index (χ2v) is 8.60. The van der Waals surface area contributed by atoms with Crippen molar-refractivity contribution in [1.29, 1.82) is 0 Å². The molecule has 0 saturated heterocycles. The lowest BCUT2D eigenvalue weighted by atomic mass is 10.2. The maximum atomic E-state index is 12.9. The Morgan fingerprint density at radius 3 is 2.10 bits per heavy atom. The number of ether oxygens (including phenoxy) is 1. The van der Waals surface area contributed by atoms with E-state index >= 15 is 0 Å². The third-order valence-corrected chi connectivity index (χ3v) is 7.59. The Morgan fingerprint density at radius 1 is 1.14 bits per heavy atom. The summed E-state index contributed by atoms with van der Waals surface area (Å²) >= 11 is 0. The summed E-state index contributed by atoms with van der Waals surface area (Å²) < 4.78 is 41.3. The van der Waals surface area contributed by atoms with Gasteiger partial charge >= 0.3 is 7.60 Å². The lowest BCUT2D eigenvalue weighted by Crippen LogP contribution is -2.24.